The van der Waals surface area contributed by atoms with Crippen LogP contribution in [0.25, 0.3) is 17.1 Å². The number of fused-ring (bicyclic) bond motifs is 1. The molecule has 3 aromatic carbocycles. The number of nitrogens with one attached hydrogen (secondary N) is 2. The average molecular weight is 767 g/mol. The molecule has 17 nitrogen and oxygen atoms in total. The van der Waals surface area contributed by atoms with Gasteiger partial charge in [-0.1, -0.05) is 19.9 Å². The Morgan fingerprint density at radius 2 is 1.71 bits per heavy atom. The molecule has 1 aromatic heterocycles. The van der Waals surface area contributed by atoms with E-state index >= 15 is 0 Å². The molecule has 0 saturated carbocycles. The molecular formula is C39H42N8O9. The second kappa shape index (κ2) is 15.9. The quantitative estimate of drug-likeness (QED) is 0.131. The Labute approximate surface area is 321 Å². The minimum atomic E-state index is -1.25. The van der Waals surface area contributed by atoms with Gasteiger partial charge in [0, 0.05) is 68.1 Å². The minimum Gasteiger partial charge on any atom is -0.508 e. The van der Waals surface area contributed by atoms with Crippen molar-refractivity contribution in [3.8, 4) is 28.6 Å². The standard InChI is InChI=1S/C39H42N8O9/c1-5-40-36(52)34-43-42-33(26-18-25(21(2)3)30(48)19-31(26)49)47(34)23-12-10-22(11-13-23)37(53)44(4)16-7-17-45(39(55)56)28-9-6-8-24-27(28)20-46(38(24)54)29-14-15-32(50)41-35(29)51/h6,8-13,18-19,21,29,48-49H,5,7,14-17,20H2,1-4H3,(H,40,52)(H,55,56)(H,41,50,51). The van der Waals surface area contributed by atoms with Crippen molar-refractivity contribution in [2.24, 2.45) is 0 Å². The average Bonchev–Trinajstić information content (AvgIpc) is 3.74. The summed E-state index contributed by atoms with van der Waals surface area (Å²) in [4.78, 5) is 80.5. The van der Waals surface area contributed by atoms with Gasteiger partial charge in [0.05, 0.1) is 11.3 Å². The molecule has 2 aliphatic heterocycles. The monoisotopic (exact) mass is 766 g/mol. The van der Waals surface area contributed by atoms with E-state index in [1.54, 1.807) is 62.5 Å². The highest BCUT2D eigenvalue weighted by atomic mass is 16.4. The SMILES string of the molecule is CCNC(=O)c1nnc(-c2cc(C(C)C)c(O)cc2O)n1-c1ccc(C(=O)N(C)CCCN(C(=O)O)c2cccc3c2CN(C2CCC(=O)NC2=O)C3=O)cc1. The predicted molar refractivity (Wildman–Crippen MR) is 202 cm³/mol. The number of benzene rings is 3. The number of hydrogen-bond acceptors (Lipinski definition) is 10. The van der Waals surface area contributed by atoms with Crippen molar-refractivity contribution in [2.75, 3.05) is 31.6 Å². The lowest BCUT2D eigenvalue weighted by Crippen LogP contribution is -2.52. The molecule has 1 saturated heterocycles. The van der Waals surface area contributed by atoms with Crippen molar-refractivity contribution in [1.82, 2.24) is 35.2 Å². The molecule has 6 rings (SSSR count). The summed E-state index contributed by atoms with van der Waals surface area (Å²) in [6.45, 7) is 6.02. The van der Waals surface area contributed by atoms with Gasteiger partial charge >= 0.3 is 6.09 Å². The molecular weight excluding hydrogens is 724 g/mol. The highest BCUT2D eigenvalue weighted by molar-refractivity contribution is 6.06. The van der Waals surface area contributed by atoms with E-state index in [2.05, 4.69) is 20.8 Å². The number of imide groups is 1. The molecule has 2 aliphatic rings. The number of aromatic hydroxyl groups is 2. The maximum atomic E-state index is 13.5. The number of anilines is 1. The Balaban J connectivity index is 1.17. The number of amides is 6. The Morgan fingerprint density at radius 3 is 2.38 bits per heavy atom. The Kier molecular flexibility index (Phi) is 11.1. The summed E-state index contributed by atoms with van der Waals surface area (Å²) < 4.78 is 1.46. The Hall–Kier alpha value is -6.78. The minimum absolute atomic E-state index is 0.00338. The number of carbonyl (C=O) groups excluding carboxylic acids is 5. The van der Waals surface area contributed by atoms with Gasteiger partial charge in [-0.15, -0.1) is 10.2 Å². The molecule has 0 aliphatic carbocycles. The summed E-state index contributed by atoms with van der Waals surface area (Å²) in [5.41, 5.74) is 2.57. The molecule has 0 spiro atoms. The second-order valence-corrected chi connectivity index (χ2v) is 13.9. The predicted octanol–water partition coefficient (Wildman–Crippen LogP) is 3.63. The molecule has 17 heteroatoms. The zero-order chi connectivity index (χ0) is 40.4. The molecule has 5 N–H and O–H groups in total. The van der Waals surface area contributed by atoms with Crippen molar-refractivity contribution in [2.45, 2.75) is 58.5 Å². The van der Waals surface area contributed by atoms with Gasteiger partial charge in [0.15, 0.2) is 5.82 Å². The van der Waals surface area contributed by atoms with Crippen LogP contribution >= 0.6 is 0 Å². The zero-order valence-corrected chi connectivity index (χ0v) is 31.3. The fourth-order valence-corrected chi connectivity index (χ4v) is 7.01. The number of nitrogens with zero attached hydrogens (tertiary/aromatic N) is 6. The van der Waals surface area contributed by atoms with Gasteiger partial charge in [-0.05, 0) is 73.7 Å². The smallest absolute Gasteiger partial charge is 0.411 e. The van der Waals surface area contributed by atoms with Crippen LogP contribution in [-0.2, 0) is 16.1 Å². The first-order valence-corrected chi connectivity index (χ1v) is 18.1. The van der Waals surface area contributed by atoms with E-state index in [4.69, 9.17) is 0 Å². The number of carbonyl (C=O) groups is 6. The molecule has 1 unspecified atom stereocenters. The van der Waals surface area contributed by atoms with E-state index in [-0.39, 0.29) is 85.0 Å². The Morgan fingerprint density at radius 1 is 0.982 bits per heavy atom. The number of aromatic nitrogens is 3. The summed E-state index contributed by atoms with van der Waals surface area (Å²) in [7, 11) is 1.59. The maximum absolute atomic E-state index is 13.5. The lowest BCUT2D eigenvalue weighted by Gasteiger charge is -2.29. The first kappa shape index (κ1) is 38.9. The number of phenols is 2. The van der Waals surface area contributed by atoms with Crippen molar-refractivity contribution in [1.29, 1.82) is 0 Å². The van der Waals surface area contributed by atoms with Crippen molar-refractivity contribution in [3.05, 3.63) is 82.7 Å². The van der Waals surface area contributed by atoms with E-state index in [0.29, 0.717) is 34.6 Å². The van der Waals surface area contributed by atoms with E-state index in [1.807, 2.05) is 13.8 Å². The van der Waals surface area contributed by atoms with Crippen LogP contribution < -0.4 is 15.5 Å². The number of hydrogen-bond donors (Lipinski definition) is 5. The molecule has 1 atom stereocenters. The number of piperidine rings is 1. The van der Waals surface area contributed by atoms with Gasteiger partial charge < -0.3 is 30.4 Å². The van der Waals surface area contributed by atoms with Crippen molar-refractivity contribution >= 4 is 41.3 Å². The highest BCUT2D eigenvalue weighted by Crippen LogP contribution is 2.38. The topological polar surface area (TPSA) is 228 Å². The van der Waals surface area contributed by atoms with Gasteiger partial charge in [0.25, 0.3) is 17.7 Å². The first-order valence-electron chi connectivity index (χ1n) is 18.1. The van der Waals surface area contributed by atoms with Crippen LogP contribution in [-0.4, -0.2) is 108 Å². The van der Waals surface area contributed by atoms with Gasteiger partial charge in [0.1, 0.15) is 17.5 Å². The summed E-state index contributed by atoms with van der Waals surface area (Å²) in [5, 5.41) is 44.7. The fourth-order valence-electron chi connectivity index (χ4n) is 7.01. The lowest BCUT2D eigenvalue weighted by atomic mass is 9.98. The van der Waals surface area contributed by atoms with Crippen LogP contribution in [0.2, 0.25) is 0 Å². The molecule has 0 bridgehead atoms. The van der Waals surface area contributed by atoms with Crippen LogP contribution in [0.3, 0.4) is 0 Å². The van der Waals surface area contributed by atoms with Crippen LogP contribution in [0.1, 0.15) is 88.4 Å². The van der Waals surface area contributed by atoms with E-state index in [0.717, 1.165) is 4.90 Å². The third-order valence-electron chi connectivity index (χ3n) is 9.88. The lowest BCUT2D eigenvalue weighted by molar-refractivity contribution is -0.136. The summed E-state index contributed by atoms with van der Waals surface area (Å²) in [6.07, 6.45) is -0.742. The number of phenolic OH excluding ortho intramolecular Hbond substituents is 2. The van der Waals surface area contributed by atoms with E-state index < -0.39 is 35.8 Å². The molecule has 292 valence electrons. The second-order valence-electron chi connectivity index (χ2n) is 13.9. The van der Waals surface area contributed by atoms with Crippen LogP contribution in [0.15, 0.2) is 54.6 Å². The van der Waals surface area contributed by atoms with E-state index in [9.17, 15) is 44.1 Å². The summed E-state index contributed by atoms with van der Waals surface area (Å²) >= 11 is 0. The van der Waals surface area contributed by atoms with Crippen LogP contribution in [0.5, 0.6) is 11.5 Å². The van der Waals surface area contributed by atoms with Crippen molar-refractivity contribution in [3.63, 3.8) is 0 Å². The maximum Gasteiger partial charge on any atom is 0.411 e. The summed E-state index contributed by atoms with van der Waals surface area (Å²) in [5.74, 6) is -2.62. The molecule has 4 aromatic rings. The van der Waals surface area contributed by atoms with E-state index in [1.165, 1.54) is 20.4 Å². The number of rotatable bonds is 12. The first-order chi connectivity index (χ1) is 26.7. The van der Waals surface area contributed by atoms with Crippen LogP contribution in [0.4, 0.5) is 10.5 Å². The van der Waals surface area contributed by atoms with Gasteiger partial charge in [0.2, 0.25) is 17.6 Å². The third-order valence-corrected chi connectivity index (χ3v) is 9.88. The fraction of sp³-hybridized carbons (Fsp3) is 0.333. The summed E-state index contributed by atoms with van der Waals surface area (Å²) in [6, 6.07) is 13.1. The normalized spacial score (nSPS) is 15.1. The third kappa shape index (κ3) is 7.47. The number of carboxylic acid groups (broad SMARTS) is 1. The molecule has 0 radical (unpaired) electrons. The van der Waals surface area contributed by atoms with Gasteiger partial charge in [-0.25, -0.2) is 4.79 Å². The molecule has 3 heterocycles. The molecule has 6 amide bonds. The zero-order valence-electron chi connectivity index (χ0n) is 31.3. The highest BCUT2D eigenvalue weighted by Gasteiger charge is 2.40. The molecule has 56 heavy (non-hydrogen) atoms. The largest absolute Gasteiger partial charge is 0.508 e. The van der Waals surface area contributed by atoms with Gasteiger partial charge in [-0.2, -0.15) is 0 Å². The van der Waals surface area contributed by atoms with Crippen LogP contribution in [0, 0.1) is 0 Å². The molecule has 1 fully saturated rings. The Bertz CT molecular complexity index is 2230. The van der Waals surface area contributed by atoms with Crippen molar-refractivity contribution < 1.29 is 44.1 Å². The van der Waals surface area contributed by atoms with Gasteiger partial charge in [-0.3, -0.25) is 38.8 Å².